The normalized spacial score (nSPS) is 12.7. The molecule has 2 N–H and O–H groups in total. The van der Waals surface area contributed by atoms with Gasteiger partial charge in [0.15, 0.2) is 0 Å². The van der Waals surface area contributed by atoms with Gasteiger partial charge in [0.2, 0.25) is 0 Å². The lowest BCUT2D eigenvalue weighted by atomic mass is 10.1. The fraction of sp³-hybridized carbons (Fsp3) is 0.167. The molecule has 0 spiro atoms. The smallest absolute Gasteiger partial charge is 0.125 e. The number of furan rings is 1. The second kappa shape index (κ2) is 4.09. The van der Waals surface area contributed by atoms with Gasteiger partial charge in [-0.25, -0.2) is 0 Å². The van der Waals surface area contributed by atoms with Crippen LogP contribution in [0.4, 0.5) is 0 Å². The molecule has 0 amide bonds. The summed E-state index contributed by atoms with van der Waals surface area (Å²) in [5.41, 5.74) is 7.04. The standard InChI is InChI=1S/C12H12ClNO/c1-8-2-7-11(15-8)12(14)9-3-5-10(13)6-4-9/h2-7,12H,14H2,1H3. The topological polar surface area (TPSA) is 39.2 Å². The third-order valence-corrected chi connectivity index (χ3v) is 2.55. The van der Waals surface area contributed by atoms with Crippen molar-refractivity contribution in [3.63, 3.8) is 0 Å². The third-order valence-electron chi connectivity index (χ3n) is 2.30. The lowest BCUT2D eigenvalue weighted by Crippen LogP contribution is -2.10. The zero-order valence-electron chi connectivity index (χ0n) is 8.41. The Hall–Kier alpha value is -1.25. The molecular weight excluding hydrogens is 210 g/mol. The molecule has 2 aromatic rings. The zero-order chi connectivity index (χ0) is 10.8. The van der Waals surface area contributed by atoms with Crippen molar-refractivity contribution in [2.24, 2.45) is 5.73 Å². The number of aryl methyl sites for hydroxylation is 1. The highest BCUT2D eigenvalue weighted by Gasteiger charge is 2.11. The summed E-state index contributed by atoms with van der Waals surface area (Å²) in [6, 6.07) is 11.0. The second-order valence-corrected chi connectivity index (χ2v) is 3.91. The molecule has 0 saturated heterocycles. The number of hydrogen-bond acceptors (Lipinski definition) is 2. The first-order valence-electron chi connectivity index (χ1n) is 4.74. The molecule has 0 radical (unpaired) electrons. The van der Waals surface area contributed by atoms with Crippen LogP contribution < -0.4 is 5.73 Å². The summed E-state index contributed by atoms with van der Waals surface area (Å²) in [5, 5.41) is 0.710. The molecule has 1 heterocycles. The average molecular weight is 222 g/mol. The van der Waals surface area contributed by atoms with E-state index in [0.29, 0.717) is 5.02 Å². The minimum absolute atomic E-state index is 0.226. The monoisotopic (exact) mass is 221 g/mol. The summed E-state index contributed by atoms with van der Waals surface area (Å²) < 4.78 is 5.47. The van der Waals surface area contributed by atoms with Crippen molar-refractivity contribution in [2.75, 3.05) is 0 Å². The molecule has 0 saturated carbocycles. The molecule has 1 aromatic heterocycles. The molecule has 0 fully saturated rings. The highest BCUT2D eigenvalue weighted by atomic mass is 35.5. The Morgan fingerprint density at radius 2 is 1.80 bits per heavy atom. The predicted octanol–water partition coefficient (Wildman–Crippen LogP) is 3.29. The first-order valence-corrected chi connectivity index (χ1v) is 5.12. The van der Waals surface area contributed by atoms with Crippen LogP contribution in [0.1, 0.15) is 23.1 Å². The Morgan fingerprint density at radius 3 is 2.33 bits per heavy atom. The van der Waals surface area contributed by atoms with E-state index in [0.717, 1.165) is 17.1 Å². The molecule has 1 atom stereocenters. The maximum atomic E-state index is 6.04. The Kier molecular flexibility index (Phi) is 2.80. The lowest BCUT2D eigenvalue weighted by Gasteiger charge is -2.08. The summed E-state index contributed by atoms with van der Waals surface area (Å²) >= 11 is 5.80. The summed E-state index contributed by atoms with van der Waals surface area (Å²) in [4.78, 5) is 0. The number of rotatable bonds is 2. The number of hydrogen-bond donors (Lipinski definition) is 1. The summed E-state index contributed by atoms with van der Waals surface area (Å²) in [6.07, 6.45) is 0. The molecular formula is C12H12ClNO. The van der Waals surface area contributed by atoms with Gasteiger partial charge in [-0.3, -0.25) is 0 Å². The molecule has 2 nitrogen and oxygen atoms in total. The van der Waals surface area contributed by atoms with Crippen LogP contribution >= 0.6 is 11.6 Å². The number of halogens is 1. The highest BCUT2D eigenvalue weighted by Crippen LogP contribution is 2.22. The summed E-state index contributed by atoms with van der Waals surface area (Å²) in [6.45, 7) is 1.90. The van der Waals surface area contributed by atoms with E-state index >= 15 is 0 Å². The fourth-order valence-electron chi connectivity index (χ4n) is 1.45. The van der Waals surface area contributed by atoms with Gasteiger partial charge in [-0.15, -0.1) is 0 Å². The molecule has 0 aliphatic rings. The molecule has 15 heavy (non-hydrogen) atoms. The molecule has 78 valence electrons. The van der Waals surface area contributed by atoms with E-state index in [1.54, 1.807) is 0 Å². The molecule has 0 aliphatic heterocycles. The first kappa shape index (κ1) is 10.3. The van der Waals surface area contributed by atoms with Crippen molar-refractivity contribution < 1.29 is 4.42 Å². The highest BCUT2D eigenvalue weighted by molar-refractivity contribution is 6.30. The van der Waals surface area contributed by atoms with Crippen LogP contribution in [0.3, 0.4) is 0 Å². The van der Waals surface area contributed by atoms with Crippen molar-refractivity contribution in [1.82, 2.24) is 0 Å². The molecule has 3 heteroatoms. The van der Waals surface area contributed by atoms with E-state index in [-0.39, 0.29) is 6.04 Å². The molecule has 0 bridgehead atoms. The Bertz CT molecular complexity index is 447. The van der Waals surface area contributed by atoms with E-state index in [9.17, 15) is 0 Å². The van der Waals surface area contributed by atoms with Crippen LogP contribution in [-0.2, 0) is 0 Å². The fourth-order valence-corrected chi connectivity index (χ4v) is 1.58. The van der Waals surface area contributed by atoms with Gasteiger partial charge in [0.05, 0.1) is 6.04 Å². The van der Waals surface area contributed by atoms with Gasteiger partial charge in [-0.1, -0.05) is 23.7 Å². The predicted molar refractivity (Wildman–Crippen MR) is 60.9 cm³/mol. The molecule has 1 aromatic carbocycles. The molecule has 1 unspecified atom stereocenters. The molecule has 2 rings (SSSR count). The van der Waals surface area contributed by atoms with Gasteiger partial charge >= 0.3 is 0 Å². The van der Waals surface area contributed by atoms with Gasteiger partial charge < -0.3 is 10.2 Å². The van der Waals surface area contributed by atoms with Gasteiger partial charge in [0.25, 0.3) is 0 Å². The number of nitrogens with two attached hydrogens (primary N) is 1. The van der Waals surface area contributed by atoms with E-state index < -0.39 is 0 Å². The van der Waals surface area contributed by atoms with Crippen molar-refractivity contribution >= 4 is 11.6 Å². The van der Waals surface area contributed by atoms with Crippen LogP contribution in [0.5, 0.6) is 0 Å². The quantitative estimate of drug-likeness (QED) is 0.845. The minimum atomic E-state index is -0.226. The zero-order valence-corrected chi connectivity index (χ0v) is 9.16. The minimum Gasteiger partial charge on any atom is -0.464 e. The van der Waals surface area contributed by atoms with Crippen molar-refractivity contribution in [2.45, 2.75) is 13.0 Å². The van der Waals surface area contributed by atoms with E-state index in [1.165, 1.54) is 0 Å². The van der Waals surface area contributed by atoms with Crippen molar-refractivity contribution in [3.05, 3.63) is 58.5 Å². The Labute approximate surface area is 93.7 Å². The Morgan fingerprint density at radius 1 is 1.13 bits per heavy atom. The maximum absolute atomic E-state index is 6.04. The maximum Gasteiger partial charge on any atom is 0.125 e. The average Bonchev–Trinajstić information content (AvgIpc) is 2.65. The first-order chi connectivity index (χ1) is 7.16. The van der Waals surface area contributed by atoms with Crippen LogP contribution in [0.25, 0.3) is 0 Å². The SMILES string of the molecule is Cc1ccc(C(N)c2ccc(Cl)cc2)o1. The summed E-state index contributed by atoms with van der Waals surface area (Å²) in [7, 11) is 0. The van der Waals surface area contributed by atoms with Crippen LogP contribution in [0, 0.1) is 6.92 Å². The Balaban J connectivity index is 2.28. The van der Waals surface area contributed by atoms with E-state index in [1.807, 2.05) is 43.3 Å². The lowest BCUT2D eigenvalue weighted by molar-refractivity contribution is 0.466. The van der Waals surface area contributed by atoms with Gasteiger partial charge in [-0.2, -0.15) is 0 Å². The molecule has 0 aliphatic carbocycles. The van der Waals surface area contributed by atoms with Crippen molar-refractivity contribution in [3.8, 4) is 0 Å². The summed E-state index contributed by atoms with van der Waals surface area (Å²) in [5.74, 6) is 1.64. The largest absolute Gasteiger partial charge is 0.464 e. The third kappa shape index (κ3) is 2.22. The number of benzene rings is 1. The second-order valence-electron chi connectivity index (χ2n) is 3.48. The van der Waals surface area contributed by atoms with Crippen LogP contribution in [-0.4, -0.2) is 0 Å². The van der Waals surface area contributed by atoms with Gasteiger partial charge in [-0.05, 0) is 36.8 Å². The van der Waals surface area contributed by atoms with Crippen molar-refractivity contribution in [1.29, 1.82) is 0 Å². The van der Waals surface area contributed by atoms with Crippen LogP contribution in [0.2, 0.25) is 5.02 Å². The van der Waals surface area contributed by atoms with E-state index in [2.05, 4.69) is 0 Å². The van der Waals surface area contributed by atoms with Gasteiger partial charge in [0, 0.05) is 5.02 Å². The van der Waals surface area contributed by atoms with E-state index in [4.69, 9.17) is 21.8 Å². The van der Waals surface area contributed by atoms with Crippen LogP contribution in [0.15, 0.2) is 40.8 Å². The van der Waals surface area contributed by atoms with Gasteiger partial charge in [0.1, 0.15) is 11.5 Å².